The molecule has 0 aliphatic carbocycles. The van der Waals surface area contributed by atoms with Gasteiger partial charge in [-0.15, -0.1) is 10.2 Å². The smallest absolute Gasteiger partial charge is 0.207 e. The molecule has 0 spiro atoms. The van der Waals surface area contributed by atoms with E-state index in [-0.39, 0.29) is 0 Å². The molecule has 68 valence electrons. The van der Waals surface area contributed by atoms with Crippen molar-refractivity contribution in [2.75, 3.05) is 32.1 Å². The van der Waals surface area contributed by atoms with Gasteiger partial charge in [-0.2, -0.15) is 0 Å². The Hall–Kier alpha value is -0.680. The largest absolute Gasteiger partial charge is 0.350 e. The van der Waals surface area contributed by atoms with Gasteiger partial charge in [0, 0.05) is 13.6 Å². The lowest BCUT2D eigenvalue weighted by molar-refractivity contribution is 0.710. The Morgan fingerprint density at radius 3 is 3.08 bits per heavy atom. The molecule has 0 amide bonds. The van der Waals surface area contributed by atoms with Crippen LogP contribution in [0.1, 0.15) is 6.42 Å². The van der Waals surface area contributed by atoms with E-state index in [1.807, 2.05) is 14.1 Å². The molecule has 0 aromatic carbocycles. The minimum atomic E-state index is 0.992. The second-order valence-corrected chi connectivity index (χ2v) is 3.41. The Balaban J connectivity index is 2.25. The summed E-state index contributed by atoms with van der Waals surface area (Å²) in [5.74, 6) is 0. The lowest BCUT2D eigenvalue weighted by Gasteiger charge is -2.13. The van der Waals surface area contributed by atoms with Crippen molar-refractivity contribution >= 4 is 16.5 Å². The number of nitrogens with zero attached hydrogens (tertiary/aromatic N) is 3. The van der Waals surface area contributed by atoms with E-state index in [1.165, 1.54) is 0 Å². The highest BCUT2D eigenvalue weighted by Gasteiger charge is 2.02. The number of rotatable bonds is 5. The van der Waals surface area contributed by atoms with Crippen molar-refractivity contribution in [1.29, 1.82) is 0 Å². The van der Waals surface area contributed by atoms with Crippen molar-refractivity contribution in [3.8, 4) is 0 Å². The van der Waals surface area contributed by atoms with Crippen LogP contribution < -0.4 is 10.2 Å². The van der Waals surface area contributed by atoms with Crippen LogP contribution in [-0.2, 0) is 0 Å². The van der Waals surface area contributed by atoms with E-state index >= 15 is 0 Å². The molecule has 12 heavy (non-hydrogen) atoms. The van der Waals surface area contributed by atoms with Crippen molar-refractivity contribution in [2.24, 2.45) is 0 Å². The molecule has 0 aliphatic heterocycles. The van der Waals surface area contributed by atoms with Gasteiger partial charge in [0.2, 0.25) is 5.13 Å². The van der Waals surface area contributed by atoms with Gasteiger partial charge in [-0.3, -0.25) is 0 Å². The van der Waals surface area contributed by atoms with E-state index < -0.39 is 0 Å². The molecule has 1 rings (SSSR count). The van der Waals surface area contributed by atoms with Gasteiger partial charge in [0.25, 0.3) is 0 Å². The van der Waals surface area contributed by atoms with Crippen LogP contribution in [-0.4, -0.2) is 37.4 Å². The Morgan fingerprint density at radius 2 is 2.50 bits per heavy atom. The van der Waals surface area contributed by atoms with Gasteiger partial charge in [-0.25, -0.2) is 0 Å². The Bertz CT molecular complexity index is 199. The molecule has 0 fully saturated rings. The molecule has 1 aromatic rings. The van der Waals surface area contributed by atoms with Gasteiger partial charge >= 0.3 is 0 Å². The van der Waals surface area contributed by atoms with Gasteiger partial charge < -0.3 is 10.2 Å². The minimum Gasteiger partial charge on any atom is -0.350 e. The fourth-order valence-electron chi connectivity index (χ4n) is 0.922. The zero-order valence-corrected chi connectivity index (χ0v) is 8.27. The normalized spacial score (nSPS) is 10.2. The van der Waals surface area contributed by atoms with E-state index in [1.54, 1.807) is 16.8 Å². The molecule has 1 aromatic heterocycles. The van der Waals surface area contributed by atoms with Gasteiger partial charge in [-0.05, 0) is 20.0 Å². The number of hydrogen-bond acceptors (Lipinski definition) is 5. The second-order valence-electron chi connectivity index (χ2n) is 2.60. The summed E-state index contributed by atoms with van der Waals surface area (Å²) in [7, 11) is 4.00. The molecule has 4 nitrogen and oxygen atoms in total. The summed E-state index contributed by atoms with van der Waals surface area (Å²) in [6.45, 7) is 2.07. The van der Waals surface area contributed by atoms with Gasteiger partial charge in [-0.1, -0.05) is 11.3 Å². The van der Waals surface area contributed by atoms with E-state index in [0.717, 1.165) is 24.6 Å². The summed E-state index contributed by atoms with van der Waals surface area (Å²) < 4.78 is 0. The molecule has 0 saturated carbocycles. The Kier molecular flexibility index (Phi) is 3.96. The quantitative estimate of drug-likeness (QED) is 0.683. The van der Waals surface area contributed by atoms with Crippen LogP contribution in [0.15, 0.2) is 5.51 Å². The van der Waals surface area contributed by atoms with Crippen molar-refractivity contribution < 1.29 is 0 Å². The molecule has 0 atom stereocenters. The first-order valence-electron chi connectivity index (χ1n) is 3.96. The average Bonchev–Trinajstić information content (AvgIpc) is 2.56. The lowest BCUT2D eigenvalue weighted by atomic mass is 10.4. The zero-order valence-electron chi connectivity index (χ0n) is 7.45. The zero-order chi connectivity index (χ0) is 8.81. The fourth-order valence-corrected chi connectivity index (χ4v) is 1.48. The predicted molar refractivity (Wildman–Crippen MR) is 51.7 cm³/mol. The maximum atomic E-state index is 3.97. The molecule has 0 unspecified atom stereocenters. The van der Waals surface area contributed by atoms with E-state index in [4.69, 9.17) is 0 Å². The van der Waals surface area contributed by atoms with Crippen molar-refractivity contribution in [3.63, 3.8) is 0 Å². The first kappa shape index (κ1) is 9.41. The number of anilines is 1. The summed E-state index contributed by atoms with van der Waals surface area (Å²) >= 11 is 1.57. The van der Waals surface area contributed by atoms with Gasteiger partial charge in [0.15, 0.2) is 0 Å². The highest BCUT2D eigenvalue weighted by atomic mass is 32.1. The second kappa shape index (κ2) is 5.05. The predicted octanol–water partition coefficient (Wildman–Crippen LogP) is 0.584. The van der Waals surface area contributed by atoms with Crippen LogP contribution in [0.3, 0.4) is 0 Å². The first-order chi connectivity index (χ1) is 5.84. The SMILES string of the molecule is CNCCCN(C)c1nncs1. The fraction of sp³-hybridized carbons (Fsp3) is 0.714. The molecule has 1 N–H and O–H groups in total. The molecule has 1 heterocycles. The van der Waals surface area contributed by atoms with E-state index in [9.17, 15) is 0 Å². The van der Waals surface area contributed by atoms with E-state index in [0.29, 0.717) is 0 Å². The van der Waals surface area contributed by atoms with Crippen molar-refractivity contribution in [1.82, 2.24) is 15.5 Å². The third kappa shape index (κ3) is 2.75. The minimum absolute atomic E-state index is 0.992. The van der Waals surface area contributed by atoms with Crippen LogP contribution in [0, 0.1) is 0 Å². The highest BCUT2D eigenvalue weighted by molar-refractivity contribution is 7.13. The summed E-state index contributed by atoms with van der Waals surface area (Å²) in [6, 6.07) is 0. The monoisotopic (exact) mass is 186 g/mol. The lowest BCUT2D eigenvalue weighted by Crippen LogP contribution is -2.22. The third-order valence-corrected chi connectivity index (χ3v) is 2.40. The maximum Gasteiger partial charge on any atom is 0.207 e. The molecule has 0 bridgehead atoms. The summed E-state index contributed by atoms with van der Waals surface area (Å²) in [5, 5.41) is 11.9. The third-order valence-electron chi connectivity index (χ3n) is 1.60. The topological polar surface area (TPSA) is 41.0 Å². The van der Waals surface area contributed by atoms with Crippen LogP contribution in [0.2, 0.25) is 0 Å². The van der Waals surface area contributed by atoms with Crippen molar-refractivity contribution in [2.45, 2.75) is 6.42 Å². The Morgan fingerprint density at radius 1 is 1.67 bits per heavy atom. The Labute approximate surface area is 76.6 Å². The van der Waals surface area contributed by atoms with Gasteiger partial charge in [0.1, 0.15) is 5.51 Å². The number of hydrogen-bond donors (Lipinski definition) is 1. The summed E-state index contributed by atoms with van der Waals surface area (Å²) in [6.07, 6.45) is 1.13. The number of nitrogens with one attached hydrogen (secondary N) is 1. The molecule has 5 heteroatoms. The van der Waals surface area contributed by atoms with Crippen LogP contribution in [0.5, 0.6) is 0 Å². The molecule has 0 radical (unpaired) electrons. The standard InChI is InChI=1S/C7H14N4S/c1-8-4-3-5-11(2)7-10-9-6-12-7/h6,8H,3-5H2,1-2H3. The van der Waals surface area contributed by atoms with E-state index in [2.05, 4.69) is 20.4 Å². The summed E-state index contributed by atoms with van der Waals surface area (Å²) in [5.41, 5.74) is 1.75. The van der Waals surface area contributed by atoms with Crippen LogP contribution in [0.4, 0.5) is 5.13 Å². The average molecular weight is 186 g/mol. The summed E-state index contributed by atoms with van der Waals surface area (Å²) in [4.78, 5) is 2.12. The number of aromatic nitrogens is 2. The first-order valence-corrected chi connectivity index (χ1v) is 4.84. The van der Waals surface area contributed by atoms with Crippen molar-refractivity contribution in [3.05, 3.63) is 5.51 Å². The van der Waals surface area contributed by atoms with Crippen LogP contribution >= 0.6 is 11.3 Å². The molecular weight excluding hydrogens is 172 g/mol. The van der Waals surface area contributed by atoms with Gasteiger partial charge in [0.05, 0.1) is 0 Å². The molecular formula is C7H14N4S. The molecule has 0 aliphatic rings. The highest BCUT2D eigenvalue weighted by Crippen LogP contribution is 2.12. The van der Waals surface area contributed by atoms with Crippen LogP contribution in [0.25, 0.3) is 0 Å². The maximum absolute atomic E-state index is 3.97. The molecule has 0 saturated heterocycles.